The van der Waals surface area contributed by atoms with Crippen molar-refractivity contribution in [2.45, 2.75) is 26.2 Å². The number of anilines is 1. The van der Waals surface area contributed by atoms with Crippen molar-refractivity contribution in [2.75, 3.05) is 18.0 Å². The number of hydrogen-bond acceptors (Lipinski definition) is 3. The van der Waals surface area contributed by atoms with E-state index in [9.17, 15) is 0 Å². The smallest absolute Gasteiger partial charge is 0.128 e. The molecule has 17 heavy (non-hydrogen) atoms. The van der Waals surface area contributed by atoms with Crippen molar-refractivity contribution in [3.05, 3.63) is 23.4 Å². The predicted octanol–water partition coefficient (Wildman–Crippen LogP) is 2.17. The van der Waals surface area contributed by atoms with E-state index in [0.29, 0.717) is 6.42 Å². The first kappa shape index (κ1) is 10.6. The van der Waals surface area contributed by atoms with Gasteiger partial charge in [-0.1, -0.05) is 13.0 Å². The first-order valence-electron chi connectivity index (χ1n) is 6.42. The number of aromatic nitrogens is 1. The predicted molar refractivity (Wildman–Crippen MR) is 66.7 cm³/mol. The second-order valence-electron chi connectivity index (χ2n) is 5.12. The molecule has 1 saturated heterocycles. The lowest BCUT2D eigenvalue weighted by Crippen LogP contribution is -2.23. The number of nitriles is 1. The van der Waals surface area contributed by atoms with Crippen molar-refractivity contribution in [3.63, 3.8) is 0 Å². The number of pyridine rings is 1. The topological polar surface area (TPSA) is 39.9 Å². The van der Waals surface area contributed by atoms with E-state index >= 15 is 0 Å². The third-order valence-corrected chi connectivity index (χ3v) is 3.96. The number of rotatable bonds is 3. The van der Waals surface area contributed by atoms with Crippen LogP contribution in [0.5, 0.6) is 0 Å². The first-order chi connectivity index (χ1) is 8.31. The molecule has 1 aromatic heterocycles. The number of piperidine rings is 1. The molecule has 2 fully saturated rings. The quantitative estimate of drug-likeness (QED) is 0.794. The maximum absolute atomic E-state index is 8.77. The van der Waals surface area contributed by atoms with Crippen LogP contribution >= 0.6 is 0 Å². The van der Waals surface area contributed by atoms with E-state index < -0.39 is 0 Å². The maximum Gasteiger partial charge on any atom is 0.128 e. The van der Waals surface area contributed by atoms with E-state index in [2.05, 4.69) is 30.0 Å². The van der Waals surface area contributed by atoms with Crippen molar-refractivity contribution in [1.29, 1.82) is 5.26 Å². The highest BCUT2D eigenvalue weighted by atomic mass is 15.2. The van der Waals surface area contributed by atoms with E-state index in [-0.39, 0.29) is 0 Å². The Morgan fingerprint density at radius 2 is 2.18 bits per heavy atom. The molecule has 2 unspecified atom stereocenters. The van der Waals surface area contributed by atoms with Crippen LogP contribution in [0.15, 0.2) is 12.1 Å². The highest BCUT2D eigenvalue weighted by Crippen LogP contribution is 2.45. The summed E-state index contributed by atoms with van der Waals surface area (Å²) in [4.78, 5) is 7.12. The zero-order valence-corrected chi connectivity index (χ0v) is 10.2. The summed E-state index contributed by atoms with van der Waals surface area (Å²) in [6, 6.07) is 6.37. The summed E-state index contributed by atoms with van der Waals surface area (Å²) in [7, 11) is 0. The lowest BCUT2D eigenvalue weighted by Gasteiger charge is -2.20. The zero-order chi connectivity index (χ0) is 11.8. The molecular formula is C14H17N3. The molecule has 2 heterocycles. The van der Waals surface area contributed by atoms with E-state index in [0.717, 1.165) is 35.3 Å². The van der Waals surface area contributed by atoms with Crippen LogP contribution in [0, 0.1) is 23.2 Å². The van der Waals surface area contributed by atoms with Gasteiger partial charge in [0.25, 0.3) is 0 Å². The molecular weight excluding hydrogens is 210 g/mol. The Balaban J connectivity index is 1.83. The maximum atomic E-state index is 8.77. The fraction of sp³-hybridized carbons (Fsp3) is 0.571. The van der Waals surface area contributed by atoms with Gasteiger partial charge in [0.1, 0.15) is 5.82 Å². The number of fused-ring (bicyclic) bond motifs is 1. The fourth-order valence-corrected chi connectivity index (χ4v) is 2.83. The van der Waals surface area contributed by atoms with Gasteiger partial charge in [-0.2, -0.15) is 5.26 Å². The molecule has 3 rings (SSSR count). The van der Waals surface area contributed by atoms with Gasteiger partial charge in [-0.15, -0.1) is 0 Å². The molecule has 0 amide bonds. The average molecular weight is 227 g/mol. The second kappa shape index (κ2) is 4.03. The van der Waals surface area contributed by atoms with E-state index in [1.165, 1.54) is 19.5 Å². The summed E-state index contributed by atoms with van der Waals surface area (Å²) in [5.74, 6) is 2.97. The minimum atomic E-state index is 0.474. The molecule has 1 aliphatic heterocycles. The molecule has 3 heteroatoms. The molecule has 2 atom stereocenters. The van der Waals surface area contributed by atoms with Gasteiger partial charge < -0.3 is 4.90 Å². The molecule has 3 nitrogen and oxygen atoms in total. The molecule has 0 radical (unpaired) electrons. The van der Waals surface area contributed by atoms with Gasteiger partial charge in [-0.25, -0.2) is 4.98 Å². The van der Waals surface area contributed by atoms with Crippen LogP contribution in [-0.2, 0) is 12.8 Å². The van der Waals surface area contributed by atoms with Gasteiger partial charge in [0, 0.05) is 18.8 Å². The Kier molecular flexibility index (Phi) is 2.51. The summed E-state index contributed by atoms with van der Waals surface area (Å²) in [6.07, 6.45) is 2.80. The van der Waals surface area contributed by atoms with Gasteiger partial charge in [0.15, 0.2) is 0 Å². The van der Waals surface area contributed by atoms with E-state index in [4.69, 9.17) is 10.2 Å². The zero-order valence-electron chi connectivity index (χ0n) is 10.2. The molecule has 0 aromatic carbocycles. The monoisotopic (exact) mass is 227 g/mol. The number of hydrogen-bond donors (Lipinski definition) is 0. The summed E-state index contributed by atoms with van der Waals surface area (Å²) < 4.78 is 0. The van der Waals surface area contributed by atoms with Gasteiger partial charge in [-0.05, 0) is 36.3 Å². The second-order valence-corrected chi connectivity index (χ2v) is 5.12. The third kappa shape index (κ3) is 1.88. The van der Waals surface area contributed by atoms with Crippen molar-refractivity contribution < 1.29 is 0 Å². The minimum Gasteiger partial charge on any atom is -0.356 e. The lowest BCUT2D eigenvalue weighted by atomic mass is 10.1. The van der Waals surface area contributed by atoms with Crippen LogP contribution in [0.25, 0.3) is 0 Å². The van der Waals surface area contributed by atoms with Gasteiger partial charge >= 0.3 is 0 Å². The molecule has 0 bridgehead atoms. The Morgan fingerprint density at radius 3 is 2.82 bits per heavy atom. The summed E-state index contributed by atoms with van der Waals surface area (Å²) in [5, 5.41) is 8.77. The molecule has 88 valence electrons. The van der Waals surface area contributed by atoms with Gasteiger partial charge in [-0.3, -0.25) is 0 Å². The largest absolute Gasteiger partial charge is 0.356 e. The summed E-state index contributed by atoms with van der Waals surface area (Å²) in [5.41, 5.74) is 2.17. The van der Waals surface area contributed by atoms with Crippen LogP contribution in [-0.4, -0.2) is 18.1 Å². The highest BCUT2D eigenvalue weighted by molar-refractivity contribution is 5.45. The van der Waals surface area contributed by atoms with E-state index in [1.54, 1.807) is 0 Å². The van der Waals surface area contributed by atoms with Gasteiger partial charge in [0.05, 0.1) is 12.5 Å². The van der Waals surface area contributed by atoms with Crippen molar-refractivity contribution in [1.82, 2.24) is 4.98 Å². The fourth-order valence-electron chi connectivity index (χ4n) is 2.83. The Labute approximate surface area is 102 Å². The van der Waals surface area contributed by atoms with Crippen LogP contribution in [0.3, 0.4) is 0 Å². The van der Waals surface area contributed by atoms with Crippen LogP contribution < -0.4 is 4.90 Å². The minimum absolute atomic E-state index is 0.474. The molecule has 0 N–H and O–H groups in total. The summed E-state index contributed by atoms with van der Waals surface area (Å²) in [6.45, 7) is 4.46. The van der Waals surface area contributed by atoms with Crippen LogP contribution in [0.2, 0.25) is 0 Å². The normalized spacial score (nSPS) is 25.5. The van der Waals surface area contributed by atoms with Gasteiger partial charge in [0.2, 0.25) is 0 Å². The molecule has 0 spiro atoms. The van der Waals surface area contributed by atoms with Crippen molar-refractivity contribution >= 4 is 5.82 Å². The Bertz CT molecular complexity index is 465. The molecule has 1 aromatic rings. The average Bonchev–Trinajstić information content (AvgIpc) is 2.97. The molecule has 2 aliphatic rings. The van der Waals surface area contributed by atoms with E-state index in [1.807, 2.05) is 0 Å². The highest BCUT2D eigenvalue weighted by Gasteiger charge is 2.45. The number of nitrogens with zero attached hydrogens (tertiary/aromatic N) is 3. The van der Waals surface area contributed by atoms with Crippen molar-refractivity contribution in [2.24, 2.45) is 11.8 Å². The van der Waals surface area contributed by atoms with Crippen molar-refractivity contribution in [3.8, 4) is 6.07 Å². The van der Waals surface area contributed by atoms with Crippen LogP contribution in [0.1, 0.15) is 24.6 Å². The SMILES string of the molecule is CCc1nc(N2CC3CC3C2)ccc1CC#N. The Hall–Kier alpha value is -1.56. The molecule has 1 aliphatic carbocycles. The van der Waals surface area contributed by atoms with Crippen LogP contribution in [0.4, 0.5) is 5.82 Å². The number of aryl methyl sites for hydroxylation is 1. The Morgan fingerprint density at radius 1 is 1.41 bits per heavy atom. The standard InChI is InChI=1S/C14H17N3/c1-2-13-10(5-6-15)3-4-14(16-13)17-8-11-7-12(11)9-17/h3-4,11-12H,2,5,7-9H2,1H3. The summed E-state index contributed by atoms with van der Waals surface area (Å²) >= 11 is 0. The third-order valence-electron chi connectivity index (χ3n) is 3.96. The lowest BCUT2D eigenvalue weighted by molar-refractivity contribution is 0.797. The molecule has 1 saturated carbocycles. The first-order valence-corrected chi connectivity index (χ1v) is 6.42.